The standard InChI is InChI=1S/C18H19NO2/c1-21-19-17(15-9-4-2-5-10-15)13-8-14-18(20)16-11-6-3-7-12-16/h2-7,9-12H,8,13-14H2,1H3. The van der Waals surface area contributed by atoms with E-state index >= 15 is 0 Å². The molecule has 0 heterocycles. The minimum Gasteiger partial charge on any atom is -0.399 e. The fourth-order valence-electron chi connectivity index (χ4n) is 2.17. The summed E-state index contributed by atoms with van der Waals surface area (Å²) in [7, 11) is 1.54. The van der Waals surface area contributed by atoms with Crippen molar-refractivity contribution in [2.75, 3.05) is 7.11 Å². The van der Waals surface area contributed by atoms with Gasteiger partial charge in [-0.25, -0.2) is 0 Å². The number of carbonyl (C=O) groups is 1. The van der Waals surface area contributed by atoms with E-state index in [1.807, 2.05) is 60.7 Å². The van der Waals surface area contributed by atoms with Crippen molar-refractivity contribution in [3.8, 4) is 0 Å². The van der Waals surface area contributed by atoms with Gasteiger partial charge < -0.3 is 4.84 Å². The Bertz CT molecular complexity index is 591. The molecule has 0 radical (unpaired) electrons. The Balaban J connectivity index is 1.92. The van der Waals surface area contributed by atoms with E-state index in [1.54, 1.807) is 0 Å². The summed E-state index contributed by atoms with van der Waals surface area (Å²) in [4.78, 5) is 17.0. The van der Waals surface area contributed by atoms with Crippen LogP contribution in [0.4, 0.5) is 0 Å². The van der Waals surface area contributed by atoms with Crippen LogP contribution in [0.3, 0.4) is 0 Å². The third-order valence-corrected chi connectivity index (χ3v) is 3.22. The molecular weight excluding hydrogens is 262 g/mol. The van der Waals surface area contributed by atoms with Crippen LogP contribution in [0.1, 0.15) is 35.2 Å². The van der Waals surface area contributed by atoms with E-state index in [9.17, 15) is 4.79 Å². The average Bonchev–Trinajstić information content (AvgIpc) is 2.55. The topological polar surface area (TPSA) is 38.7 Å². The summed E-state index contributed by atoms with van der Waals surface area (Å²) in [5.41, 5.74) is 2.67. The van der Waals surface area contributed by atoms with Crippen molar-refractivity contribution < 1.29 is 9.63 Å². The van der Waals surface area contributed by atoms with E-state index in [4.69, 9.17) is 4.84 Å². The summed E-state index contributed by atoms with van der Waals surface area (Å²) in [6, 6.07) is 19.3. The van der Waals surface area contributed by atoms with Gasteiger partial charge in [0.25, 0.3) is 0 Å². The van der Waals surface area contributed by atoms with Gasteiger partial charge in [0.15, 0.2) is 5.78 Å². The molecule has 0 spiro atoms. The van der Waals surface area contributed by atoms with Crippen molar-refractivity contribution in [3.05, 3.63) is 71.8 Å². The molecule has 2 rings (SSSR count). The number of Topliss-reactive ketones (excluding diaryl/α,β-unsaturated/α-hetero) is 1. The third kappa shape index (κ3) is 4.56. The lowest BCUT2D eigenvalue weighted by atomic mass is 10.0. The lowest BCUT2D eigenvalue weighted by Gasteiger charge is -2.06. The van der Waals surface area contributed by atoms with Gasteiger partial charge in [0, 0.05) is 12.0 Å². The van der Waals surface area contributed by atoms with Gasteiger partial charge in [-0.2, -0.15) is 0 Å². The van der Waals surface area contributed by atoms with E-state index in [0.29, 0.717) is 6.42 Å². The van der Waals surface area contributed by atoms with Gasteiger partial charge in [0.2, 0.25) is 0 Å². The first-order valence-electron chi connectivity index (χ1n) is 7.05. The molecule has 3 nitrogen and oxygen atoms in total. The molecule has 21 heavy (non-hydrogen) atoms. The summed E-state index contributed by atoms with van der Waals surface area (Å²) in [6.45, 7) is 0. The Labute approximate surface area is 125 Å². The van der Waals surface area contributed by atoms with Crippen molar-refractivity contribution >= 4 is 11.5 Å². The number of hydrogen-bond donors (Lipinski definition) is 0. The van der Waals surface area contributed by atoms with E-state index < -0.39 is 0 Å². The van der Waals surface area contributed by atoms with Crippen LogP contribution < -0.4 is 0 Å². The van der Waals surface area contributed by atoms with Gasteiger partial charge in [-0.15, -0.1) is 0 Å². The average molecular weight is 281 g/mol. The van der Waals surface area contributed by atoms with Crippen molar-refractivity contribution in [3.63, 3.8) is 0 Å². The maximum Gasteiger partial charge on any atom is 0.162 e. The predicted molar refractivity (Wildman–Crippen MR) is 84.6 cm³/mol. The lowest BCUT2D eigenvalue weighted by Crippen LogP contribution is -2.04. The highest BCUT2D eigenvalue weighted by Gasteiger charge is 2.08. The summed E-state index contributed by atoms with van der Waals surface area (Å²) in [5, 5.41) is 4.07. The maximum atomic E-state index is 12.0. The molecule has 0 amide bonds. The van der Waals surface area contributed by atoms with Crippen LogP contribution >= 0.6 is 0 Å². The van der Waals surface area contributed by atoms with E-state index in [-0.39, 0.29) is 5.78 Å². The van der Waals surface area contributed by atoms with Crippen LogP contribution in [0.5, 0.6) is 0 Å². The normalized spacial score (nSPS) is 11.2. The molecule has 0 bridgehead atoms. The number of oxime groups is 1. The number of carbonyl (C=O) groups excluding carboxylic acids is 1. The second-order valence-corrected chi connectivity index (χ2v) is 4.73. The highest BCUT2D eigenvalue weighted by atomic mass is 16.6. The highest BCUT2D eigenvalue weighted by molar-refractivity contribution is 6.01. The molecule has 0 saturated heterocycles. The number of rotatable bonds is 7. The monoisotopic (exact) mass is 281 g/mol. The van der Waals surface area contributed by atoms with Crippen molar-refractivity contribution in [2.45, 2.75) is 19.3 Å². The molecule has 0 aromatic heterocycles. The molecular formula is C18H19NO2. The molecule has 0 unspecified atom stereocenters. The van der Waals surface area contributed by atoms with Gasteiger partial charge >= 0.3 is 0 Å². The second-order valence-electron chi connectivity index (χ2n) is 4.73. The fourth-order valence-corrected chi connectivity index (χ4v) is 2.17. The SMILES string of the molecule is CON=C(CCCC(=O)c1ccccc1)c1ccccc1. The zero-order chi connectivity index (χ0) is 14.9. The van der Waals surface area contributed by atoms with Crippen molar-refractivity contribution in [1.29, 1.82) is 0 Å². The van der Waals surface area contributed by atoms with Crippen LogP contribution in [0.15, 0.2) is 65.8 Å². The van der Waals surface area contributed by atoms with Gasteiger partial charge in [-0.1, -0.05) is 65.8 Å². The Hall–Kier alpha value is -2.42. The molecule has 0 aliphatic carbocycles. The number of nitrogens with zero attached hydrogens (tertiary/aromatic N) is 1. The molecule has 2 aromatic carbocycles. The molecule has 0 aliphatic rings. The van der Waals surface area contributed by atoms with Gasteiger partial charge in [-0.05, 0) is 18.4 Å². The predicted octanol–water partition coefficient (Wildman–Crippen LogP) is 4.09. The molecule has 0 N–H and O–H groups in total. The van der Waals surface area contributed by atoms with Gasteiger partial charge in [-0.3, -0.25) is 4.79 Å². The van der Waals surface area contributed by atoms with E-state index in [1.165, 1.54) is 7.11 Å². The Morgan fingerprint density at radius 3 is 2.05 bits per heavy atom. The summed E-state index contributed by atoms with van der Waals surface area (Å²) in [6.07, 6.45) is 1.99. The number of ketones is 1. The van der Waals surface area contributed by atoms with Crippen LogP contribution in [0, 0.1) is 0 Å². The molecule has 0 fully saturated rings. The van der Waals surface area contributed by atoms with Gasteiger partial charge in [0.05, 0.1) is 5.71 Å². The zero-order valence-corrected chi connectivity index (χ0v) is 12.2. The van der Waals surface area contributed by atoms with E-state index in [0.717, 1.165) is 29.7 Å². The number of benzene rings is 2. The summed E-state index contributed by atoms with van der Waals surface area (Å²) < 4.78 is 0. The number of hydrogen-bond acceptors (Lipinski definition) is 3. The smallest absolute Gasteiger partial charge is 0.162 e. The molecule has 0 saturated carbocycles. The van der Waals surface area contributed by atoms with Crippen molar-refractivity contribution in [1.82, 2.24) is 0 Å². The molecule has 3 heteroatoms. The summed E-state index contributed by atoms with van der Waals surface area (Å²) in [5.74, 6) is 0.167. The third-order valence-electron chi connectivity index (χ3n) is 3.22. The van der Waals surface area contributed by atoms with Crippen LogP contribution in [-0.2, 0) is 4.84 Å². The zero-order valence-electron chi connectivity index (χ0n) is 12.2. The summed E-state index contributed by atoms with van der Waals surface area (Å²) >= 11 is 0. The fraction of sp³-hybridized carbons (Fsp3) is 0.222. The van der Waals surface area contributed by atoms with Crippen LogP contribution in [-0.4, -0.2) is 18.6 Å². The van der Waals surface area contributed by atoms with E-state index in [2.05, 4.69) is 5.16 Å². The first-order valence-corrected chi connectivity index (χ1v) is 7.05. The molecule has 0 atom stereocenters. The molecule has 2 aromatic rings. The largest absolute Gasteiger partial charge is 0.399 e. The minimum absolute atomic E-state index is 0.167. The van der Waals surface area contributed by atoms with Crippen LogP contribution in [0.25, 0.3) is 0 Å². The highest BCUT2D eigenvalue weighted by Crippen LogP contribution is 2.11. The minimum atomic E-state index is 0.167. The second kappa shape index (κ2) is 8.00. The lowest BCUT2D eigenvalue weighted by molar-refractivity contribution is 0.0980. The Morgan fingerprint density at radius 2 is 1.48 bits per heavy atom. The maximum absolute atomic E-state index is 12.0. The van der Waals surface area contributed by atoms with Gasteiger partial charge in [0.1, 0.15) is 7.11 Å². The first kappa shape index (κ1) is 15.0. The molecule has 0 aliphatic heterocycles. The first-order chi connectivity index (χ1) is 10.3. The quantitative estimate of drug-likeness (QED) is 0.435. The Kier molecular flexibility index (Phi) is 5.71. The Morgan fingerprint density at radius 1 is 0.905 bits per heavy atom. The molecule has 108 valence electrons. The van der Waals surface area contributed by atoms with Crippen LogP contribution in [0.2, 0.25) is 0 Å². The van der Waals surface area contributed by atoms with Crippen molar-refractivity contribution in [2.24, 2.45) is 5.16 Å².